The highest BCUT2D eigenvalue weighted by molar-refractivity contribution is 5.64. The van der Waals surface area contributed by atoms with Crippen LogP contribution < -0.4 is 10.4 Å². The van der Waals surface area contributed by atoms with Gasteiger partial charge in [-0.15, -0.1) is 0 Å². The van der Waals surface area contributed by atoms with Crippen LogP contribution in [0.15, 0.2) is 30.4 Å². The molecule has 0 heteroatoms. The average Bonchev–Trinajstić information content (AvgIpc) is 2.28. The zero-order chi connectivity index (χ0) is 11.1. The second-order valence-corrected chi connectivity index (χ2v) is 5.20. The number of fused-ring (bicyclic) bond motifs is 2. The lowest BCUT2D eigenvalue weighted by atomic mass is 9.78. The molecule has 2 unspecified atom stereocenters. The molecule has 1 aromatic carbocycles. The van der Waals surface area contributed by atoms with E-state index in [4.69, 9.17) is 0 Å². The maximum atomic E-state index is 2.44. The molecule has 2 aliphatic rings. The van der Waals surface area contributed by atoms with Gasteiger partial charge in [-0.3, -0.25) is 0 Å². The third-order valence-corrected chi connectivity index (χ3v) is 3.94. The van der Waals surface area contributed by atoms with Crippen LogP contribution in [0, 0.1) is 18.8 Å². The van der Waals surface area contributed by atoms with E-state index in [1.807, 2.05) is 0 Å². The smallest absolute Gasteiger partial charge is 0.0116 e. The zero-order valence-corrected chi connectivity index (χ0v) is 10.0. The molecule has 2 aliphatic carbocycles. The van der Waals surface area contributed by atoms with E-state index in [1.165, 1.54) is 28.8 Å². The van der Waals surface area contributed by atoms with Crippen LogP contribution in [-0.4, -0.2) is 0 Å². The van der Waals surface area contributed by atoms with E-state index in [-0.39, 0.29) is 0 Å². The number of aryl methyl sites for hydroxylation is 1. The molecule has 2 atom stereocenters. The number of rotatable bonds is 0. The van der Waals surface area contributed by atoms with Crippen LogP contribution in [0.1, 0.15) is 25.3 Å². The summed E-state index contributed by atoms with van der Waals surface area (Å²) >= 11 is 0. The van der Waals surface area contributed by atoms with Gasteiger partial charge in [-0.05, 0) is 53.2 Å². The number of hydrogen-bond donors (Lipinski definition) is 0. The van der Waals surface area contributed by atoms with Crippen LogP contribution in [0.25, 0.3) is 11.6 Å². The van der Waals surface area contributed by atoms with E-state index in [9.17, 15) is 0 Å². The van der Waals surface area contributed by atoms with Crippen molar-refractivity contribution in [1.29, 1.82) is 0 Å². The Kier molecular flexibility index (Phi) is 2.24. The van der Waals surface area contributed by atoms with Gasteiger partial charge in [0, 0.05) is 0 Å². The Morgan fingerprint density at radius 2 is 2.12 bits per heavy atom. The predicted octanol–water partition coefficient (Wildman–Crippen LogP) is 2.54. The van der Waals surface area contributed by atoms with Gasteiger partial charge < -0.3 is 0 Å². The molecule has 0 aliphatic heterocycles. The van der Waals surface area contributed by atoms with Crippen LogP contribution in [0.5, 0.6) is 0 Å². The maximum absolute atomic E-state index is 2.44. The highest BCUT2D eigenvalue weighted by atomic mass is 14.3. The highest BCUT2D eigenvalue weighted by Gasteiger charge is 2.21. The Balaban J connectivity index is 2.32. The summed E-state index contributed by atoms with van der Waals surface area (Å²) in [6, 6.07) is 6.68. The monoisotopic (exact) mass is 210 g/mol. The van der Waals surface area contributed by atoms with Gasteiger partial charge in [0.2, 0.25) is 0 Å². The van der Waals surface area contributed by atoms with Crippen molar-refractivity contribution in [3.63, 3.8) is 0 Å². The van der Waals surface area contributed by atoms with E-state index in [2.05, 4.69) is 50.3 Å². The largest absolute Gasteiger partial charge is 0.0814 e. The van der Waals surface area contributed by atoms with Crippen LogP contribution in [-0.2, 0) is 0 Å². The molecule has 0 N–H and O–H groups in total. The van der Waals surface area contributed by atoms with Gasteiger partial charge in [-0.2, -0.15) is 0 Å². The van der Waals surface area contributed by atoms with Gasteiger partial charge in [-0.25, -0.2) is 0 Å². The van der Waals surface area contributed by atoms with Crippen molar-refractivity contribution in [3.8, 4) is 0 Å². The normalized spacial score (nSPS) is 27.0. The lowest BCUT2D eigenvalue weighted by Gasteiger charge is -2.27. The van der Waals surface area contributed by atoms with Gasteiger partial charge in [0.1, 0.15) is 0 Å². The molecule has 0 amide bonds. The molecule has 0 saturated heterocycles. The summed E-state index contributed by atoms with van der Waals surface area (Å²) < 4.78 is 0. The first kappa shape index (κ1) is 9.89. The Hall–Kier alpha value is -1.30. The first-order valence-corrected chi connectivity index (χ1v) is 6.24. The van der Waals surface area contributed by atoms with E-state index >= 15 is 0 Å². The SMILES string of the molecule is Cc1cccc2c1=CCC1CC(C)C=CC=21. The zero-order valence-electron chi connectivity index (χ0n) is 10.0. The van der Waals surface area contributed by atoms with Crippen molar-refractivity contribution in [3.05, 3.63) is 46.4 Å². The molecular formula is C16H18. The first-order valence-electron chi connectivity index (χ1n) is 6.24. The third kappa shape index (κ3) is 1.44. The maximum Gasteiger partial charge on any atom is -0.0116 e. The number of benzene rings is 1. The molecule has 0 radical (unpaired) electrons. The van der Waals surface area contributed by atoms with Crippen molar-refractivity contribution in [2.24, 2.45) is 11.8 Å². The minimum atomic E-state index is 0.744. The minimum Gasteiger partial charge on any atom is -0.0814 e. The van der Waals surface area contributed by atoms with E-state index < -0.39 is 0 Å². The van der Waals surface area contributed by atoms with Crippen molar-refractivity contribution >= 4 is 11.6 Å². The minimum absolute atomic E-state index is 0.744. The Morgan fingerprint density at radius 1 is 1.25 bits per heavy atom. The molecule has 0 heterocycles. The molecule has 0 spiro atoms. The number of allylic oxidation sites excluding steroid dienone is 2. The van der Waals surface area contributed by atoms with E-state index in [0.717, 1.165) is 11.8 Å². The van der Waals surface area contributed by atoms with Crippen molar-refractivity contribution < 1.29 is 0 Å². The summed E-state index contributed by atoms with van der Waals surface area (Å²) in [5.74, 6) is 1.50. The van der Waals surface area contributed by atoms with Crippen LogP contribution >= 0.6 is 0 Å². The van der Waals surface area contributed by atoms with Crippen LogP contribution in [0.3, 0.4) is 0 Å². The molecule has 0 nitrogen and oxygen atoms in total. The summed E-state index contributed by atoms with van der Waals surface area (Å²) in [5, 5.41) is 2.94. The molecule has 3 rings (SSSR count). The van der Waals surface area contributed by atoms with Gasteiger partial charge in [-0.1, -0.05) is 43.4 Å². The molecule has 0 saturated carbocycles. The number of hydrogen-bond acceptors (Lipinski definition) is 0. The van der Waals surface area contributed by atoms with Crippen molar-refractivity contribution in [2.45, 2.75) is 26.7 Å². The molecule has 1 aromatic rings. The first-order chi connectivity index (χ1) is 7.75. The molecule has 16 heavy (non-hydrogen) atoms. The van der Waals surface area contributed by atoms with Crippen LogP contribution in [0.2, 0.25) is 0 Å². The van der Waals surface area contributed by atoms with Gasteiger partial charge >= 0.3 is 0 Å². The van der Waals surface area contributed by atoms with Gasteiger partial charge in [0.25, 0.3) is 0 Å². The summed E-state index contributed by atoms with van der Waals surface area (Å²) in [6.45, 7) is 4.53. The summed E-state index contributed by atoms with van der Waals surface area (Å²) in [4.78, 5) is 0. The predicted molar refractivity (Wildman–Crippen MR) is 69.3 cm³/mol. The van der Waals surface area contributed by atoms with E-state index in [1.54, 1.807) is 5.57 Å². The lowest BCUT2D eigenvalue weighted by Crippen LogP contribution is -2.35. The highest BCUT2D eigenvalue weighted by Crippen LogP contribution is 2.31. The van der Waals surface area contributed by atoms with Crippen LogP contribution in [0.4, 0.5) is 0 Å². The standard InChI is InChI=1S/C16H18/c1-11-6-8-15-13(10-11)7-9-14-12(2)4-3-5-16(14)15/h3-6,8-9,11,13H,7,10H2,1-2H3. The Labute approximate surface area is 97.0 Å². The van der Waals surface area contributed by atoms with Crippen molar-refractivity contribution in [1.82, 2.24) is 0 Å². The Bertz CT molecular complexity index is 560. The fourth-order valence-electron chi connectivity index (χ4n) is 3.05. The fourth-order valence-corrected chi connectivity index (χ4v) is 3.05. The second kappa shape index (κ2) is 3.62. The van der Waals surface area contributed by atoms with Gasteiger partial charge in [0.15, 0.2) is 0 Å². The molecule has 0 fully saturated rings. The summed E-state index contributed by atoms with van der Waals surface area (Å²) in [5.41, 5.74) is 2.98. The molecule has 0 aromatic heterocycles. The molecular weight excluding hydrogens is 192 g/mol. The average molecular weight is 210 g/mol. The quantitative estimate of drug-likeness (QED) is 0.617. The third-order valence-electron chi connectivity index (χ3n) is 3.94. The summed E-state index contributed by atoms with van der Waals surface area (Å²) in [7, 11) is 0. The van der Waals surface area contributed by atoms with E-state index in [0.29, 0.717) is 0 Å². The lowest BCUT2D eigenvalue weighted by molar-refractivity contribution is 0.517. The second-order valence-electron chi connectivity index (χ2n) is 5.20. The summed E-state index contributed by atoms with van der Waals surface area (Å²) in [6.07, 6.45) is 9.70. The topological polar surface area (TPSA) is 0 Å². The van der Waals surface area contributed by atoms with Gasteiger partial charge in [0.05, 0.1) is 0 Å². The van der Waals surface area contributed by atoms with Crippen molar-refractivity contribution in [2.75, 3.05) is 0 Å². The fraction of sp³-hybridized carbons (Fsp3) is 0.375. The Morgan fingerprint density at radius 3 is 3.00 bits per heavy atom. The molecule has 82 valence electrons. The molecule has 0 bridgehead atoms.